The lowest BCUT2D eigenvalue weighted by atomic mass is 9.99. The van der Waals surface area contributed by atoms with E-state index in [1.54, 1.807) is 0 Å². The zero-order chi connectivity index (χ0) is 18.4. The molecular formula is C18H24N2O3S2. The summed E-state index contributed by atoms with van der Waals surface area (Å²) in [6, 6.07) is 7.83. The number of hydrogen-bond acceptors (Lipinski definition) is 4. The minimum Gasteiger partial charge on any atom is -0.315 e. The summed E-state index contributed by atoms with van der Waals surface area (Å²) in [5, 5.41) is 0.570. The zero-order valence-electron chi connectivity index (χ0n) is 15.0. The molecule has 0 saturated carbocycles. The molecule has 0 aliphatic carbocycles. The van der Waals surface area contributed by atoms with E-state index in [0.29, 0.717) is 11.1 Å². The van der Waals surface area contributed by atoms with Gasteiger partial charge in [-0.3, -0.25) is 4.79 Å². The number of sulfone groups is 1. The summed E-state index contributed by atoms with van der Waals surface area (Å²) in [4.78, 5) is 18.5. The predicted octanol–water partition coefficient (Wildman–Crippen LogP) is 3.07. The van der Waals surface area contributed by atoms with Crippen molar-refractivity contribution in [2.45, 2.75) is 44.9 Å². The summed E-state index contributed by atoms with van der Waals surface area (Å²) in [6.07, 6.45) is 0. The lowest BCUT2D eigenvalue weighted by molar-refractivity contribution is -0.120. The average molecular weight is 381 g/mol. The van der Waals surface area contributed by atoms with E-state index in [1.165, 1.54) is 11.8 Å². The van der Waals surface area contributed by atoms with E-state index in [4.69, 9.17) is 0 Å². The Morgan fingerprint density at radius 1 is 1.20 bits per heavy atom. The standard InChI is InChI=1S/C18H24N2O3S2/c1-11(2)13-7-5-6-8-14(13)20-15-9-25(22,23)10-16(15)24-18(20)19-17(21)12(3)4/h5-8,11-12,15-16H,9-10H2,1-4H3/t15-,16+/m1/s1. The number of aliphatic imine (C=N–C) groups is 1. The van der Waals surface area contributed by atoms with Crippen molar-refractivity contribution in [1.29, 1.82) is 0 Å². The van der Waals surface area contributed by atoms with Crippen LogP contribution in [-0.2, 0) is 14.6 Å². The number of para-hydroxylation sites is 1. The molecule has 7 heteroatoms. The molecule has 0 N–H and O–H groups in total. The summed E-state index contributed by atoms with van der Waals surface area (Å²) in [5.41, 5.74) is 2.10. The Labute approximate surface area is 153 Å². The Balaban J connectivity index is 2.09. The monoisotopic (exact) mass is 380 g/mol. The maximum Gasteiger partial charge on any atom is 0.250 e. The highest BCUT2D eigenvalue weighted by Gasteiger charge is 2.49. The van der Waals surface area contributed by atoms with Gasteiger partial charge in [-0.2, -0.15) is 4.99 Å². The van der Waals surface area contributed by atoms with Crippen LogP contribution in [0.25, 0.3) is 0 Å². The number of carbonyl (C=O) groups excluding carboxylic acids is 1. The van der Waals surface area contributed by atoms with Crippen molar-refractivity contribution >= 4 is 38.4 Å². The quantitative estimate of drug-likeness (QED) is 0.806. The number of nitrogens with zero attached hydrogens (tertiary/aromatic N) is 2. The van der Waals surface area contributed by atoms with Crippen LogP contribution in [0.5, 0.6) is 0 Å². The van der Waals surface area contributed by atoms with Gasteiger partial charge in [0.15, 0.2) is 15.0 Å². The summed E-state index contributed by atoms with van der Waals surface area (Å²) < 4.78 is 24.3. The SMILES string of the molecule is CC(C)C(=O)N=C1S[C@H]2CS(=O)(=O)C[C@H]2N1c1ccccc1C(C)C. The third-order valence-electron chi connectivity index (χ3n) is 4.58. The van der Waals surface area contributed by atoms with Crippen molar-refractivity contribution in [3.63, 3.8) is 0 Å². The maximum absolute atomic E-state index is 12.2. The lowest BCUT2D eigenvalue weighted by Crippen LogP contribution is -2.38. The highest BCUT2D eigenvalue weighted by atomic mass is 32.2. The van der Waals surface area contributed by atoms with Gasteiger partial charge in [0.25, 0.3) is 5.91 Å². The van der Waals surface area contributed by atoms with Crippen molar-refractivity contribution in [3.8, 4) is 0 Å². The Morgan fingerprint density at radius 3 is 2.52 bits per heavy atom. The molecule has 0 bridgehead atoms. The van der Waals surface area contributed by atoms with E-state index in [0.717, 1.165) is 11.3 Å². The number of amidine groups is 1. The molecule has 0 unspecified atom stereocenters. The molecule has 1 amide bonds. The summed E-state index contributed by atoms with van der Waals surface area (Å²) in [6.45, 7) is 7.87. The molecule has 0 aromatic heterocycles. The van der Waals surface area contributed by atoms with Crippen molar-refractivity contribution in [3.05, 3.63) is 29.8 Å². The molecule has 136 valence electrons. The first-order chi connectivity index (χ1) is 11.7. The molecule has 25 heavy (non-hydrogen) atoms. The minimum atomic E-state index is -3.05. The van der Waals surface area contributed by atoms with E-state index < -0.39 is 9.84 Å². The van der Waals surface area contributed by atoms with Crippen LogP contribution in [0.15, 0.2) is 29.3 Å². The summed E-state index contributed by atoms with van der Waals surface area (Å²) in [7, 11) is -3.05. The minimum absolute atomic E-state index is 0.0658. The van der Waals surface area contributed by atoms with Crippen LogP contribution >= 0.6 is 11.8 Å². The predicted molar refractivity (Wildman–Crippen MR) is 104 cm³/mol. The van der Waals surface area contributed by atoms with Crippen LogP contribution < -0.4 is 4.90 Å². The average Bonchev–Trinajstić information content (AvgIpc) is 2.97. The van der Waals surface area contributed by atoms with Crippen LogP contribution in [0.1, 0.15) is 39.2 Å². The van der Waals surface area contributed by atoms with Crippen LogP contribution in [0.3, 0.4) is 0 Å². The number of rotatable bonds is 3. The number of amides is 1. The van der Waals surface area contributed by atoms with Crippen molar-refractivity contribution in [1.82, 2.24) is 0 Å². The maximum atomic E-state index is 12.2. The first kappa shape index (κ1) is 18.5. The van der Waals surface area contributed by atoms with E-state index in [1.807, 2.05) is 36.9 Å². The van der Waals surface area contributed by atoms with Gasteiger partial charge < -0.3 is 4.90 Å². The molecule has 2 heterocycles. The Kier molecular flexibility index (Phi) is 4.99. The molecule has 2 aliphatic rings. The second-order valence-corrected chi connectivity index (χ2v) is 10.6. The second-order valence-electron chi connectivity index (χ2n) is 7.27. The first-order valence-corrected chi connectivity index (χ1v) is 11.3. The molecule has 3 rings (SSSR count). The molecule has 1 aromatic carbocycles. The van der Waals surface area contributed by atoms with Crippen molar-refractivity contribution < 1.29 is 13.2 Å². The fourth-order valence-electron chi connectivity index (χ4n) is 3.26. The van der Waals surface area contributed by atoms with E-state index in [2.05, 4.69) is 24.9 Å². The Morgan fingerprint density at radius 2 is 1.88 bits per heavy atom. The van der Waals surface area contributed by atoms with Crippen molar-refractivity contribution in [2.75, 3.05) is 16.4 Å². The van der Waals surface area contributed by atoms with Crippen molar-refractivity contribution in [2.24, 2.45) is 10.9 Å². The highest BCUT2D eigenvalue weighted by molar-refractivity contribution is 8.16. The van der Waals surface area contributed by atoms with Gasteiger partial charge in [0, 0.05) is 16.9 Å². The number of benzene rings is 1. The van der Waals surface area contributed by atoms with Crippen LogP contribution in [0, 0.1) is 5.92 Å². The van der Waals surface area contributed by atoms with Crippen LogP contribution in [-0.4, -0.2) is 42.3 Å². The van der Waals surface area contributed by atoms with Gasteiger partial charge in [-0.25, -0.2) is 8.42 Å². The molecule has 0 spiro atoms. The zero-order valence-corrected chi connectivity index (χ0v) is 16.6. The third kappa shape index (κ3) is 3.62. The fourth-order valence-corrected chi connectivity index (χ4v) is 7.18. The first-order valence-electron chi connectivity index (χ1n) is 8.57. The summed E-state index contributed by atoms with van der Waals surface area (Å²) >= 11 is 1.43. The van der Waals surface area contributed by atoms with E-state index in [-0.39, 0.29) is 34.6 Å². The molecule has 2 atom stereocenters. The number of thioether (sulfide) groups is 1. The van der Waals surface area contributed by atoms with Gasteiger partial charge >= 0.3 is 0 Å². The molecule has 1 aromatic rings. The smallest absolute Gasteiger partial charge is 0.250 e. The summed E-state index contributed by atoms with van der Waals surface area (Å²) in [5.74, 6) is 0.209. The number of fused-ring (bicyclic) bond motifs is 1. The molecule has 2 saturated heterocycles. The highest BCUT2D eigenvalue weighted by Crippen LogP contribution is 2.43. The van der Waals surface area contributed by atoms with Gasteiger partial charge in [-0.15, -0.1) is 0 Å². The molecule has 2 aliphatic heterocycles. The molecule has 0 radical (unpaired) electrons. The largest absolute Gasteiger partial charge is 0.315 e. The van der Waals surface area contributed by atoms with Gasteiger partial charge in [-0.05, 0) is 17.5 Å². The van der Waals surface area contributed by atoms with Crippen LogP contribution in [0.4, 0.5) is 5.69 Å². The van der Waals surface area contributed by atoms with Gasteiger partial charge in [0.05, 0.1) is 17.5 Å². The third-order valence-corrected chi connectivity index (χ3v) is 7.79. The molecule has 5 nitrogen and oxygen atoms in total. The van der Waals surface area contributed by atoms with Gasteiger partial charge in [0.2, 0.25) is 0 Å². The number of carbonyl (C=O) groups is 1. The lowest BCUT2D eigenvalue weighted by Gasteiger charge is -2.28. The van der Waals surface area contributed by atoms with E-state index in [9.17, 15) is 13.2 Å². The molecular weight excluding hydrogens is 356 g/mol. The second kappa shape index (κ2) is 6.76. The van der Waals surface area contributed by atoms with Gasteiger partial charge in [0.1, 0.15) is 0 Å². The Bertz CT molecular complexity index is 815. The fraction of sp³-hybridized carbons (Fsp3) is 0.556. The normalized spacial score (nSPS) is 26.6. The van der Waals surface area contributed by atoms with Gasteiger partial charge in [-0.1, -0.05) is 57.7 Å². The Hall–Kier alpha value is -1.34. The molecule has 2 fully saturated rings. The number of anilines is 1. The van der Waals surface area contributed by atoms with Crippen LogP contribution in [0.2, 0.25) is 0 Å². The van der Waals surface area contributed by atoms with E-state index >= 15 is 0 Å². The topological polar surface area (TPSA) is 66.8 Å². The number of hydrogen-bond donors (Lipinski definition) is 0.